The van der Waals surface area contributed by atoms with Gasteiger partial charge in [0.25, 0.3) is 0 Å². The van der Waals surface area contributed by atoms with E-state index >= 15 is 0 Å². The van der Waals surface area contributed by atoms with Crippen LogP contribution in [0.25, 0.3) is 0 Å². The molecule has 1 aromatic rings. The molecule has 1 atom stereocenters. The summed E-state index contributed by atoms with van der Waals surface area (Å²) in [6.07, 6.45) is 4.40. The lowest BCUT2D eigenvalue weighted by Gasteiger charge is -2.30. The van der Waals surface area contributed by atoms with E-state index in [4.69, 9.17) is 5.11 Å². The summed E-state index contributed by atoms with van der Waals surface area (Å²) in [5.41, 5.74) is 1.81. The molecule has 1 aliphatic carbocycles. The summed E-state index contributed by atoms with van der Waals surface area (Å²) in [6, 6.07) is 8.07. The molecule has 1 unspecified atom stereocenters. The van der Waals surface area contributed by atoms with E-state index in [0.29, 0.717) is 6.42 Å². The van der Waals surface area contributed by atoms with Crippen molar-refractivity contribution >= 4 is 11.9 Å². The van der Waals surface area contributed by atoms with Gasteiger partial charge in [-0.3, -0.25) is 9.59 Å². The Morgan fingerprint density at radius 3 is 2.59 bits per heavy atom. The van der Waals surface area contributed by atoms with Crippen LogP contribution in [-0.2, 0) is 15.0 Å². The average molecular weight is 303 g/mol. The molecule has 1 amide bonds. The third-order valence-corrected chi connectivity index (χ3v) is 4.63. The van der Waals surface area contributed by atoms with Crippen molar-refractivity contribution in [1.29, 1.82) is 0 Å². The first-order valence-electron chi connectivity index (χ1n) is 8.04. The van der Waals surface area contributed by atoms with Gasteiger partial charge in [0.15, 0.2) is 0 Å². The number of aryl methyl sites for hydroxylation is 1. The Morgan fingerprint density at radius 1 is 1.32 bits per heavy atom. The number of nitrogens with one attached hydrogen (secondary N) is 1. The fraction of sp³-hybridized carbons (Fsp3) is 0.556. The number of aliphatic carboxylic acids is 1. The number of carbonyl (C=O) groups excluding carboxylic acids is 1. The highest BCUT2D eigenvalue weighted by Gasteiger charge is 2.42. The molecule has 0 heterocycles. The van der Waals surface area contributed by atoms with Gasteiger partial charge in [-0.2, -0.15) is 0 Å². The van der Waals surface area contributed by atoms with Crippen LogP contribution in [0.5, 0.6) is 0 Å². The highest BCUT2D eigenvalue weighted by atomic mass is 16.4. The van der Waals surface area contributed by atoms with Crippen LogP contribution in [0.3, 0.4) is 0 Å². The molecule has 4 heteroatoms. The van der Waals surface area contributed by atoms with E-state index in [-0.39, 0.29) is 18.4 Å². The fourth-order valence-corrected chi connectivity index (χ4v) is 3.34. The van der Waals surface area contributed by atoms with Crippen molar-refractivity contribution in [3.8, 4) is 0 Å². The topological polar surface area (TPSA) is 66.4 Å². The van der Waals surface area contributed by atoms with Crippen LogP contribution >= 0.6 is 0 Å². The zero-order chi connectivity index (χ0) is 16.2. The van der Waals surface area contributed by atoms with E-state index in [1.807, 2.05) is 32.0 Å². The van der Waals surface area contributed by atoms with Gasteiger partial charge in [0.1, 0.15) is 0 Å². The summed E-state index contributed by atoms with van der Waals surface area (Å²) < 4.78 is 0. The van der Waals surface area contributed by atoms with E-state index < -0.39 is 11.4 Å². The van der Waals surface area contributed by atoms with Crippen LogP contribution in [-0.4, -0.2) is 23.0 Å². The standard InChI is InChI=1S/C18H25NO3/c1-13-6-5-7-15(12-13)18(10-3-4-11-18)17(22)19-14(2)8-9-16(20)21/h5-7,12,14H,3-4,8-11H2,1-2H3,(H,19,22)(H,20,21). The number of rotatable bonds is 6. The molecule has 1 saturated carbocycles. The third-order valence-electron chi connectivity index (χ3n) is 4.63. The fourth-order valence-electron chi connectivity index (χ4n) is 3.34. The largest absolute Gasteiger partial charge is 0.481 e. The van der Waals surface area contributed by atoms with Gasteiger partial charge in [0.2, 0.25) is 5.91 Å². The summed E-state index contributed by atoms with van der Waals surface area (Å²) in [5, 5.41) is 11.8. The minimum absolute atomic E-state index is 0.0495. The lowest BCUT2D eigenvalue weighted by molar-refractivity contribution is -0.137. The Balaban J connectivity index is 2.14. The van der Waals surface area contributed by atoms with Crippen molar-refractivity contribution in [1.82, 2.24) is 5.32 Å². The van der Waals surface area contributed by atoms with Crippen molar-refractivity contribution in [2.45, 2.75) is 63.8 Å². The molecule has 0 bridgehead atoms. The summed E-state index contributed by atoms with van der Waals surface area (Å²) in [4.78, 5) is 23.5. The first kappa shape index (κ1) is 16.5. The van der Waals surface area contributed by atoms with Crippen molar-refractivity contribution in [3.05, 3.63) is 35.4 Å². The van der Waals surface area contributed by atoms with E-state index in [1.165, 1.54) is 0 Å². The van der Waals surface area contributed by atoms with Crippen LogP contribution in [0, 0.1) is 6.92 Å². The van der Waals surface area contributed by atoms with Gasteiger partial charge < -0.3 is 10.4 Å². The number of amides is 1. The molecule has 0 radical (unpaired) electrons. The molecular weight excluding hydrogens is 278 g/mol. The van der Waals surface area contributed by atoms with Gasteiger partial charge in [-0.15, -0.1) is 0 Å². The average Bonchev–Trinajstić information content (AvgIpc) is 2.96. The Labute approximate surface area is 131 Å². The number of hydrogen-bond acceptors (Lipinski definition) is 2. The van der Waals surface area contributed by atoms with Gasteiger partial charge in [0, 0.05) is 12.5 Å². The molecule has 120 valence electrons. The minimum atomic E-state index is -0.824. The zero-order valence-corrected chi connectivity index (χ0v) is 13.4. The molecule has 0 spiro atoms. The Hall–Kier alpha value is -1.84. The number of carboxylic acid groups (broad SMARTS) is 1. The molecule has 0 aromatic heterocycles. The lowest BCUT2D eigenvalue weighted by Crippen LogP contribution is -2.46. The van der Waals surface area contributed by atoms with Gasteiger partial charge in [-0.1, -0.05) is 42.7 Å². The maximum absolute atomic E-state index is 12.9. The number of benzene rings is 1. The molecular formula is C18H25NO3. The van der Waals surface area contributed by atoms with Crippen molar-refractivity contribution < 1.29 is 14.7 Å². The SMILES string of the molecule is Cc1cccc(C2(C(=O)NC(C)CCC(=O)O)CCCC2)c1. The highest BCUT2D eigenvalue weighted by molar-refractivity contribution is 5.89. The van der Waals surface area contributed by atoms with E-state index in [9.17, 15) is 9.59 Å². The second-order valence-electron chi connectivity index (χ2n) is 6.47. The van der Waals surface area contributed by atoms with Crippen molar-refractivity contribution in [2.24, 2.45) is 0 Å². The number of carbonyl (C=O) groups is 2. The summed E-state index contributed by atoms with van der Waals surface area (Å²) >= 11 is 0. The van der Waals surface area contributed by atoms with Gasteiger partial charge >= 0.3 is 5.97 Å². The van der Waals surface area contributed by atoms with Crippen LogP contribution in [0.1, 0.15) is 56.6 Å². The Morgan fingerprint density at radius 2 is 2.00 bits per heavy atom. The Bertz CT molecular complexity index is 547. The summed E-state index contributed by atoms with van der Waals surface area (Å²) in [6.45, 7) is 3.92. The maximum Gasteiger partial charge on any atom is 0.303 e. The summed E-state index contributed by atoms with van der Waals surface area (Å²) in [7, 11) is 0. The highest BCUT2D eigenvalue weighted by Crippen LogP contribution is 2.41. The van der Waals surface area contributed by atoms with Crippen LogP contribution in [0.2, 0.25) is 0 Å². The third kappa shape index (κ3) is 3.67. The zero-order valence-electron chi connectivity index (χ0n) is 13.4. The first-order chi connectivity index (χ1) is 10.4. The van der Waals surface area contributed by atoms with E-state index in [2.05, 4.69) is 11.4 Å². The molecule has 22 heavy (non-hydrogen) atoms. The summed E-state index contributed by atoms with van der Waals surface area (Å²) in [5.74, 6) is -0.774. The van der Waals surface area contributed by atoms with E-state index in [0.717, 1.165) is 36.8 Å². The Kier molecular flexibility index (Phi) is 5.22. The van der Waals surface area contributed by atoms with Crippen molar-refractivity contribution in [2.75, 3.05) is 0 Å². The van der Waals surface area contributed by atoms with Gasteiger partial charge in [-0.25, -0.2) is 0 Å². The molecule has 0 saturated heterocycles. The minimum Gasteiger partial charge on any atom is -0.481 e. The predicted octanol–water partition coefficient (Wildman–Crippen LogP) is 3.18. The smallest absolute Gasteiger partial charge is 0.303 e. The first-order valence-corrected chi connectivity index (χ1v) is 8.04. The molecule has 4 nitrogen and oxygen atoms in total. The monoisotopic (exact) mass is 303 g/mol. The van der Waals surface area contributed by atoms with E-state index in [1.54, 1.807) is 0 Å². The predicted molar refractivity (Wildman–Crippen MR) is 85.8 cm³/mol. The molecule has 1 fully saturated rings. The molecule has 2 rings (SSSR count). The molecule has 1 aliphatic rings. The van der Waals surface area contributed by atoms with Gasteiger partial charge in [-0.05, 0) is 38.7 Å². The van der Waals surface area contributed by atoms with Crippen LogP contribution in [0.15, 0.2) is 24.3 Å². The maximum atomic E-state index is 12.9. The number of hydrogen-bond donors (Lipinski definition) is 2. The normalized spacial score (nSPS) is 17.9. The quantitative estimate of drug-likeness (QED) is 0.848. The molecule has 0 aliphatic heterocycles. The van der Waals surface area contributed by atoms with Crippen LogP contribution in [0.4, 0.5) is 0 Å². The molecule has 2 N–H and O–H groups in total. The van der Waals surface area contributed by atoms with Crippen molar-refractivity contribution in [3.63, 3.8) is 0 Å². The number of carboxylic acids is 1. The molecule has 1 aromatic carbocycles. The van der Waals surface area contributed by atoms with Crippen LogP contribution < -0.4 is 5.32 Å². The van der Waals surface area contributed by atoms with Gasteiger partial charge in [0.05, 0.1) is 5.41 Å². The second-order valence-corrected chi connectivity index (χ2v) is 6.47. The lowest BCUT2D eigenvalue weighted by atomic mass is 9.77. The second kappa shape index (κ2) is 6.95.